The number of Topliss-reactive ketones (excluding diaryl/α,β-unsaturated/α-hetero) is 1. The van der Waals surface area contributed by atoms with Crippen LogP contribution in [0, 0.1) is 10.1 Å². The van der Waals surface area contributed by atoms with E-state index >= 15 is 0 Å². The predicted molar refractivity (Wildman–Crippen MR) is 53.7 cm³/mol. The number of non-ortho nitro benzene ring substituents is 1. The van der Waals surface area contributed by atoms with Crippen LogP contribution in [0.25, 0.3) is 0 Å². The lowest BCUT2D eigenvalue weighted by Crippen LogP contribution is -2.31. The van der Waals surface area contributed by atoms with E-state index in [1.807, 2.05) is 0 Å². The molecule has 1 aromatic carbocycles. The average Bonchev–Trinajstić information content (AvgIpc) is 2.15. The Balaban J connectivity index is 3.12. The third-order valence-electron chi connectivity index (χ3n) is 1.87. The molecule has 0 saturated heterocycles. The van der Waals surface area contributed by atoms with Crippen LogP contribution in [0.4, 0.5) is 5.69 Å². The van der Waals surface area contributed by atoms with Gasteiger partial charge in [0.05, 0.1) is 4.92 Å². The first-order valence-electron chi connectivity index (χ1n) is 4.34. The summed E-state index contributed by atoms with van der Waals surface area (Å²) >= 11 is 0. The first kappa shape index (κ1) is 11.3. The summed E-state index contributed by atoms with van der Waals surface area (Å²) in [7, 11) is 0. The van der Waals surface area contributed by atoms with Gasteiger partial charge in [0.2, 0.25) is 0 Å². The molecule has 5 heteroatoms. The number of carbonyl (C=O) groups is 1. The van der Waals surface area contributed by atoms with Gasteiger partial charge in [0.1, 0.15) is 5.60 Å². The van der Waals surface area contributed by atoms with Crippen LogP contribution in [0.3, 0.4) is 0 Å². The third-order valence-corrected chi connectivity index (χ3v) is 1.87. The fourth-order valence-electron chi connectivity index (χ4n) is 1.11. The maximum absolute atomic E-state index is 11.6. The predicted octanol–water partition coefficient (Wildman–Crippen LogP) is 1.55. The Morgan fingerprint density at radius 2 is 2.07 bits per heavy atom. The summed E-state index contributed by atoms with van der Waals surface area (Å²) in [6.45, 7) is 2.68. The summed E-state index contributed by atoms with van der Waals surface area (Å²) in [5.74, 6) is -0.536. The molecule has 0 aliphatic carbocycles. The maximum atomic E-state index is 11.6. The van der Waals surface area contributed by atoms with Gasteiger partial charge in [-0.1, -0.05) is 12.1 Å². The highest BCUT2D eigenvalue weighted by Crippen LogP contribution is 2.17. The zero-order valence-corrected chi connectivity index (χ0v) is 8.43. The molecule has 0 aliphatic heterocycles. The van der Waals surface area contributed by atoms with E-state index in [2.05, 4.69) is 0 Å². The number of hydrogen-bond donors (Lipinski definition) is 1. The van der Waals surface area contributed by atoms with Crippen molar-refractivity contribution >= 4 is 11.5 Å². The molecule has 5 nitrogen and oxygen atoms in total. The van der Waals surface area contributed by atoms with E-state index in [0.29, 0.717) is 0 Å². The Kier molecular flexibility index (Phi) is 2.85. The number of aliphatic hydroxyl groups is 1. The fraction of sp³-hybridized carbons (Fsp3) is 0.300. The van der Waals surface area contributed by atoms with Crippen molar-refractivity contribution < 1.29 is 14.8 Å². The van der Waals surface area contributed by atoms with Crippen molar-refractivity contribution in [2.75, 3.05) is 0 Å². The van der Waals surface area contributed by atoms with E-state index < -0.39 is 16.3 Å². The van der Waals surface area contributed by atoms with Gasteiger partial charge >= 0.3 is 0 Å². The minimum Gasteiger partial charge on any atom is -0.382 e. The molecule has 0 amide bonds. The van der Waals surface area contributed by atoms with Gasteiger partial charge in [-0.25, -0.2) is 0 Å². The quantitative estimate of drug-likeness (QED) is 0.465. The largest absolute Gasteiger partial charge is 0.382 e. The first-order chi connectivity index (χ1) is 6.82. The summed E-state index contributed by atoms with van der Waals surface area (Å²) in [6.07, 6.45) is 0. The lowest BCUT2D eigenvalue weighted by Gasteiger charge is -2.14. The smallest absolute Gasteiger partial charge is 0.270 e. The van der Waals surface area contributed by atoms with Gasteiger partial charge in [-0.15, -0.1) is 0 Å². The van der Waals surface area contributed by atoms with E-state index in [1.165, 1.54) is 32.0 Å². The molecule has 0 fully saturated rings. The molecule has 0 unspecified atom stereocenters. The van der Waals surface area contributed by atoms with Crippen LogP contribution in [-0.4, -0.2) is 21.4 Å². The lowest BCUT2D eigenvalue weighted by molar-refractivity contribution is -0.384. The monoisotopic (exact) mass is 209 g/mol. The maximum Gasteiger partial charge on any atom is 0.270 e. The van der Waals surface area contributed by atoms with Gasteiger partial charge in [-0.3, -0.25) is 14.9 Å². The van der Waals surface area contributed by atoms with E-state index in [1.54, 1.807) is 0 Å². The standard InChI is InChI=1S/C10H11NO4/c1-10(2,13)9(12)7-4-3-5-8(6-7)11(14)15/h3-6,13H,1-2H3. The van der Waals surface area contributed by atoms with Crippen LogP contribution in [0.15, 0.2) is 24.3 Å². The van der Waals surface area contributed by atoms with Crippen LogP contribution in [0.2, 0.25) is 0 Å². The van der Waals surface area contributed by atoms with Gasteiger partial charge in [-0.2, -0.15) is 0 Å². The molecule has 0 spiro atoms. The van der Waals surface area contributed by atoms with Crippen molar-refractivity contribution in [1.82, 2.24) is 0 Å². The zero-order valence-electron chi connectivity index (χ0n) is 8.43. The summed E-state index contributed by atoms with van der Waals surface area (Å²) < 4.78 is 0. The molecule has 0 aromatic heterocycles. The van der Waals surface area contributed by atoms with Crippen molar-refractivity contribution in [3.05, 3.63) is 39.9 Å². The van der Waals surface area contributed by atoms with Gasteiger partial charge in [0, 0.05) is 17.7 Å². The highest BCUT2D eigenvalue weighted by Gasteiger charge is 2.26. The second kappa shape index (κ2) is 3.78. The van der Waals surface area contributed by atoms with Crippen LogP contribution in [-0.2, 0) is 0 Å². The molecule has 1 rings (SSSR count). The zero-order chi connectivity index (χ0) is 11.6. The summed E-state index contributed by atoms with van der Waals surface area (Å²) in [4.78, 5) is 21.4. The normalized spacial score (nSPS) is 11.1. The van der Waals surface area contributed by atoms with Crippen molar-refractivity contribution in [2.45, 2.75) is 19.4 Å². The van der Waals surface area contributed by atoms with E-state index in [9.17, 15) is 20.0 Å². The second-order valence-electron chi connectivity index (χ2n) is 3.70. The molecule has 0 aliphatic rings. The third kappa shape index (κ3) is 2.60. The minimum absolute atomic E-state index is 0.136. The minimum atomic E-state index is -1.52. The Bertz CT molecular complexity index is 406. The molecule has 0 saturated carbocycles. The SMILES string of the molecule is CC(C)(O)C(=O)c1cccc([N+](=O)[O-])c1. The number of nitro benzene ring substituents is 1. The molecule has 0 atom stereocenters. The molecule has 0 heterocycles. The fourth-order valence-corrected chi connectivity index (χ4v) is 1.11. The molecular weight excluding hydrogens is 198 g/mol. The number of hydrogen-bond acceptors (Lipinski definition) is 4. The summed E-state index contributed by atoms with van der Waals surface area (Å²) in [5, 5.41) is 19.9. The van der Waals surface area contributed by atoms with Crippen LogP contribution >= 0.6 is 0 Å². The van der Waals surface area contributed by atoms with Gasteiger partial charge < -0.3 is 5.11 Å². The first-order valence-corrected chi connectivity index (χ1v) is 4.34. The number of carbonyl (C=O) groups excluding carboxylic acids is 1. The number of benzene rings is 1. The number of nitro groups is 1. The van der Waals surface area contributed by atoms with Gasteiger partial charge in [0.15, 0.2) is 5.78 Å². The lowest BCUT2D eigenvalue weighted by atomic mass is 9.97. The molecule has 15 heavy (non-hydrogen) atoms. The topological polar surface area (TPSA) is 80.4 Å². The number of nitrogens with zero attached hydrogens (tertiary/aromatic N) is 1. The van der Waals surface area contributed by atoms with Crippen molar-refractivity contribution in [2.24, 2.45) is 0 Å². The summed E-state index contributed by atoms with van der Waals surface area (Å²) in [5.41, 5.74) is -1.54. The van der Waals surface area contributed by atoms with E-state index in [0.717, 1.165) is 6.07 Å². The van der Waals surface area contributed by atoms with E-state index in [-0.39, 0.29) is 11.3 Å². The second-order valence-corrected chi connectivity index (χ2v) is 3.70. The molecule has 0 radical (unpaired) electrons. The molecule has 80 valence electrons. The van der Waals surface area contributed by atoms with Crippen LogP contribution < -0.4 is 0 Å². The molecule has 0 bridgehead atoms. The Hall–Kier alpha value is -1.75. The highest BCUT2D eigenvalue weighted by molar-refractivity contribution is 6.02. The summed E-state index contributed by atoms with van der Waals surface area (Å²) in [6, 6.07) is 5.30. The van der Waals surface area contributed by atoms with Crippen molar-refractivity contribution in [3.8, 4) is 0 Å². The number of rotatable bonds is 3. The Morgan fingerprint density at radius 1 is 1.47 bits per heavy atom. The van der Waals surface area contributed by atoms with Crippen molar-refractivity contribution in [3.63, 3.8) is 0 Å². The Morgan fingerprint density at radius 3 is 2.53 bits per heavy atom. The molecular formula is C10H11NO4. The Labute approximate surface area is 86.5 Å². The van der Waals surface area contributed by atoms with Gasteiger partial charge in [-0.05, 0) is 13.8 Å². The molecule has 1 aromatic rings. The van der Waals surface area contributed by atoms with Crippen LogP contribution in [0.1, 0.15) is 24.2 Å². The average molecular weight is 209 g/mol. The molecule has 1 N–H and O–H groups in total. The van der Waals surface area contributed by atoms with E-state index in [4.69, 9.17) is 0 Å². The van der Waals surface area contributed by atoms with Crippen LogP contribution in [0.5, 0.6) is 0 Å². The van der Waals surface area contributed by atoms with Crippen molar-refractivity contribution in [1.29, 1.82) is 0 Å². The highest BCUT2D eigenvalue weighted by atomic mass is 16.6. The number of ketones is 1. The van der Waals surface area contributed by atoms with Gasteiger partial charge in [0.25, 0.3) is 5.69 Å².